The van der Waals surface area contributed by atoms with E-state index in [0.717, 1.165) is 32.1 Å². The van der Waals surface area contributed by atoms with Crippen LogP contribution < -0.4 is 11.3 Å². The number of nitrogens with one attached hydrogen (secondary N) is 1. The Kier molecular flexibility index (Phi) is 3.70. The molecule has 0 aromatic rings. The molecule has 1 amide bonds. The average Bonchev–Trinajstić information content (AvgIpc) is 2.19. The van der Waals surface area contributed by atoms with E-state index in [0.29, 0.717) is 0 Å². The van der Waals surface area contributed by atoms with Gasteiger partial charge in [-0.25, -0.2) is 10.6 Å². The largest absolute Gasteiger partial charge is 0.429 e. The number of carbonyl (C=O) groups is 2. The van der Waals surface area contributed by atoms with E-state index in [1.165, 1.54) is 0 Å². The van der Waals surface area contributed by atoms with Crippen molar-refractivity contribution in [1.29, 1.82) is 0 Å². The number of esters is 1. The first-order valence-corrected chi connectivity index (χ1v) is 4.46. The molecule has 13 heavy (non-hydrogen) atoms. The molecule has 5 heteroatoms. The number of rotatable bonds is 1. The topological polar surface area (TPSA) is 81.4 Å². The highest BCUT2D eigenvalue weighted by Crippen LogP contribution is 2.24. The van der Waals surface area contributed by atoms with Crippen molar-refractivity contribution in [3.05, 3.63) is 0 Å². The second-order valence-electron chi connectivity index (χ2n) is 3.19. The quantitative estimate of drug-likeness (QED) is 0.207. The fourth-order valence-corrected chi connectivity index (χ4v) is 1.54. The summed E-state index contributed by atoms with van der Waals surface area (Å²) in [6, 6.07) is 0. The molecule has 0 aromatic heterocycles. The van der Waals surface area contributed by atoms with E-state index < -0.39 is 12.1 Å². The summed E-state index contributed by atoms with van der Waals surface area (Å²) in [4.78, 5) is 21.8. The highest BCUT2D eigenvalue weighted by atomic mass is 16.6. The molecule has 0 aromatic carbocycles. The number of hydrogen-bond acceptors (Lipinski definition) is 4. The van der Waals surface area contributed by atoms with E-state index in [1.54, 1.807) is 5.43 Å². The number of amides is 1. The van der Waals surface area contributed by atoms with Gasteiger partial charge in [0.1, 0.15) is 0 Å². The lowest BCUT2D eigenvalue weighted by atomic mass is 9.89. The van der Waals surface area contributed by atoms with Gasteiger partial charge in [0.05, 0.1) is 5.92 Å². The summed E-state index contributed by atoms with van der Waals surface area (Å²) >= 11 is 0. The van der Waals surface area contributed by atoms with Gasteiger partial charge >= 0.3 is 12.1 Å². The Morgan fingerprint density at radius 1 is 1.23 bits per heavy atom. The smallest absolute Gasteiger partial charge is 0.375 e. The van der Waals surface area contributed by atoms with Crippen molar-refractivity contribution in [3.63, 3.8) is 0 Å². The van der Waals surface area contributed by atoms with Gasteiger partial charge in [0, 0.05) is 0 Å². The molecule has 1 saturated carbocycles. The summed E-state index contributed by atoms with van der Waals surface area (Å²) < 4.78 is 4.43. The van der Waals surface area contributed by atoms with Crippen LogP contribution in [0.3, 0.4) is 0 Å². The highest BCUT2D eigenvalue weighted by Gasteiger charge is 2.24. The maximum absolute atomic E-state index is 11.2. The van der Waals surface area contributed by atoms with Crippen molar-refractivity contribution in [2.45, 2.75) is 32.1 Å². The predicted molar refractivity (Wildman–Crippen MR) is 45.4 cm³/mol. The Bertz CT molecular complexity index is 200. The van der Waals surface area contributed by atoms with Gasteiger partial charge < -0.3 is 4.74 Å². The Balaban J connectivity index is 2.33. The van der Waals surface area contributed by atoms with Crippen molar-refractivity contribution < 1.29 is 14.3 Å². The lowest BCUT2D eigenvalue weighted by Crippen LogP contribution is -2.34. The first kappa shape index (κ1) is 9.98. The van der Waals surface area contributed by atoms with Crippen molar-refractivity contribution in [2.75, 3.05) is 0 Å². The normalized spacial score (nSPS) is 17.9. The van der Waals surface area contributed by atoms with Crippen LogP contribution in [0.5, 0.6) is 0 Å². The van der Waals surface area contributed by atoms with Gasteiger partial charge in [-0.3, -0.25) is 10.2 Å². The number of ether oxygens (including phenoxy) is 1. The van der Waals surface area contributed by atoms with Gasteiger partial charge in [-0.2, -0.15) is 0 Å². The Hall–Kier alpha value is -1.10. The molecular formula is C8H14N2O3. The van der Waals surface area contributed by atoms with E-state index in [9.17, 15) is 9.59 Å². The molecule has 0 unspecified atom stereocenters. The maximum atomic E-state index is 11.2. The number of hydrazine groups is 1. The third-order valence-corrected chi connectivity index (χ3v) is 2.25. The molecular weight excluding hydrogens is 172 g/mol. The van der Waals surface area contributed by atoms with Crippen LogP contribution in [0.15, 0.2) is 0 Å². The van der Waals surface area contributed by atoms with Crippen LogP contribution >= 0.6 is 0 Å². The van der Waals surface area contributed by atoms with E-state index in [-0.39, 0.29) is 5.92 Å². The van der Waals surface area contributed by atoms with Gasteiger partial charge in [0.25, 0.3) is 0 Å². The summed E-state index contributed by atoms with van der Waals surface area (Å²) in [6.07, 6.45) is 3.98. The van der Waals surface area contributed by atoms with Crippen molar-refractivity contribution in [3.8, 4) is 0 Å². The monoisotopic (exact) mass is 186 g/mol. The minimum Gasteiger partial charge on any atom is -0.375 e. The van der Waals surface area contributed by atoms with E-state index in [2.05, 4.69) is 4.74 Å². The maximum Gasteiger partial charge on any atom is 0.429 e. The highest BCUT2D eigenvalue weighted by molar-refractivity contribution is 5.85. The summed E-state index contributed by atoms with van der Waals surface area (Å²) in [7, 11) is 0. The fourth-order valence-electron chi connectivity index (χ4n) is 1.54. The van der Waals surface area contributed by atoms with Gasteiger partial charge in [0.15, 0.2) is 0 Å². The summed E-state index contributed by atoms with van der Waals surface area (Å²) in [5.74, 6) is 4.20. The molecule has 0 aliphatic heterocycles. The van der Waals surface area contributed by atoms with Crippen LogP contribution in [-0.2, 0) is 9.53 Å². The predicted octanol–water partition coefficient (Wildman–Crippen LogP) is 0.693. The first-order valence-electron chi connectivity index (χ1n) is 4.46. The standard InChI is InChI=1S/C8H14N2O3/c9-10-8(12)13-7(11)6-4-2-1-3-5-6/h6H,1-5,9H2,(H,10,12). The van der Waals surface area contributed by atoms with Gasteiger partial charge in [-0.15, -0.1) is 0 Å². The van der Waals surface area contributed by atoms with Crippen LogP contribution in [-0.4, -0.2) is 12.1 Å². The first-order chi connectivity index (χ1) is 6.24. The minimum absolute atomic E-state index is 0.119. The zero-order valence-corrected chi connectivity index (χ0v) is 7.41. The van der Waals surface area contributed by atoms with E-state index >= 15 is 0 Å². The summed E-state index contributed by atoms with van der Waals surface area (Å²) in [5.41, 5.74) is 1.75. The molecule has 3 N–H and O–H groups in total. The Morgan fingerprint density at radius 3 is 2.38 bits per heavy atom. The molecule has 1 rings (SSSR count). The van der Waals surface area contributed by atoms with Crippen LogP contribution in [0, 0.1) is 5.92 Å². The Labute approximate surface area is 76.6 Å². The number of carbonyl (C=O) groups excluding carboxylic acids is 2. The van der Waals surface area contributed by atoms with Crippen LogP contribution in [0.4, 0.5) is 4.79 Å². The zero-order chi connectivity index (χ0) is 9.68. The van der Waals surface area contributed by atoms with Crippen molar-refractivity contribution >= 4 is 12.1 Å². The third-order valence-electron chi connectivity index (χ3n) is 2.25. The molecule has 1 fully saturated rings. The molecule has 0 spiro atoms. The van der Waals surface area contributed by atoms with Crippen LogP contribution in [0.2, 0.25) is 0 Å². The average molecular weight is 186 g/mol. The molecule has 0 saturated heterocycles. The van der Waals surface area contributed by atoms with Gasteiger partial charge in [-0.1, -0.05) is 19.3 Å². The van der Waals surface area contributed by atoms with Crippen LogP contribution in [0.1, 0.15) is 32.1 Å². The summed E-state index contributed by atoms with van der Waals surface area (Å²) in [5, 5.41) is 0. The zero-order valence-electron chi connectivity index (χ0n) is 7.41. The second-order valence-corrected chi connectivity index (χ2v) is 3.19. The SMILES string of the molecule is NNC(=O)OC(=O)C1CCCCC1. The van der Waals surface area contributed by atoms with Gasteiger partial charge in [0.2, 0.25) is 0 Å². The molecule has 5 nitrogen and oxygen atoms in total. The number of nitrogens with two attached hydrogens (primary N) is 1. The van der Waals surface area contributed by atoms with Crippen LogP contribution in [0.25, 0.3) is 0 Å². The van der Waals surface area contributed by atoms with E-state index in [1.807, 2.05) is 0 Å². The lowest BCUT2D eigenvalue weighted by Gasteiger charge is -2.18. The third kappa shape index (κ3) is 3.02. The molecule has 1 aliphatic carbocycles. The number of hydrogen-bond donors (Lipinski definition) is 2. The lowest BCUT2D eigenvalue weighted by molar-refractivity contribution is -0.143. The van der Waals surface area contributed by atoms with E-state index in [4.69, 9.17) is 5.84 Å². The molecule has 1 aliphatic rings. The minimum atomic E-state index is -0.879. The molecule has 0 radical (unpaired) electrons. The molecule has 0 heterocycles. The summed E-state index contributed by atoms with van der Waals surface area (Å²) in [6.45, 7) is 0. The Morgan fingerprint density at radius 2 is 1.85 bits per heavy atom. The molecule has 0 atom stereocenters. The molecule has 0 bridgehead atoms. The van der Waals surface area contributed by atoms with Crippen molar-refractivity contribution in [2.24, 2.45) is 11.8 Å². The van der Waals surface area contributed by atoms with Gasteiger partial charge in [-0.05, 0) is 12.8 Å². The second kappa shape index (κ2) is 4.81. The fraction of sp³-hybridized carbons (Fsp3) is 0.750. The van der Waals surface area contributed by atoms with Crippen molar-refractivity contribution in [1.82, 2.24) is 5.43 Å². The molecule has 74 valence electrons.